The van der Waals surface area contributed by atoms with Crippen LogP contribution in [0.3, 0.4) is 0 Å². The summed E-state index contributed by atoms with van der Waals surface area (Å²) in [5.41, 5.74) is 6.83. The molecule has 0 aliphatic carbocycles. The minimum Gasteiger partial charge on any atom is -0.489 e. The van der Waals surface area contributed by atoms with Crippen LogP contribution in [0.25, 0.3) is 0 Å². The maximum absolute atomic E-state index is 12.5. The van der Waals surface area contributed by atoms with Gasteiger partial charge in [-0.05, 0) is 38.0 Å². The summed E-state index contributed by atoms with van der Waals surface area (Å²) in [6, 6.07) is 11.4. The molecule has 5 heteroatoms. The van der Waals surface area contributed by atoms with Crippen LogP contribution in [0.1, 0.15) is 34.7 Å². The second-order valence-corrected chi connectivity index (χ2v) is 5.95. The Morgan fingerprint density at radius 2 is 2.17 bits per heavy atom. The molecule has 0 unspecified atom stereocenters. The van der Waals surface area contributed by atoms with Crippen molar-refractivity contribution in [1.82, 2.24) is 4.90 Å². The Morgan fingerprint density at radius 3 is 2.91 bits per heavy atom. The molecule has 1 aliphatic rings. The first-order chi connectivity index (χ1) is 11.1. The summed E-state index contributed by atoms with van der Waals surface area (Å²) < 4.78 is 11.4. The van der Waals surface area contributed by atoms with E-state index in [1.807, 2.05) is 37.3 Å². The first-order valence-corrected chi connectivity index (χ1v) is 7.95. The van der Waals surface area contributed by atoms with Crippen LogP contribution in [0, 0.1) is 6.92 Å². The van der Waals surface area contributed by atoms with Crippen LogP contribution < -0.4 is 10.5 Å². The van der Waals surface area contributed by atoms with E-state index in [-0.39, 0.29) is 11.9 Å². The molecule has 5 nitrogen and oxygen atoms in total. The summed E-state index contributed by atoms with van der Waals surface area (Å²) in [6.45, 7) is 3.56. The highest BCUT2D eigenvalue weighted by Crippen LogP contribution is 2.20. The molecule has 1 aromatic carbocycles. The minimum absolute atomic E-state index is 0.0599. The Kier molecular flexibility index (Phi) is 4.67. The van der Waals surface area contributed by atoms with Crippen molar-refractivity contribution in [2.45, 2.75) is 32.4 Å². The number of hydrogen-bond donors (Lipinski definition) is 1. The molecule has 2 N–H and O–H groups in total. The first kappa shape index (κ1) is 15.6. The van der Waals surface area contributed by atoms with E-state index in [0.29, 0.717) is 24.7 Å². The van der Waals surface area contributed by atoms with Crippen LogP contribution in [0.5, 0.6) is 5.75 Å². The Morgan fingerprint density at radius 1 is 1.39 bits per heavy atom. The molecule has 1 aliphatic heterocycles. The number of benzene rings is 1. The van der Waals surface area contributed by atoms with Gasteiger partial charge in [-0.2, -0.15) is 0 Å². The number of rotatable bonds is 4. The van der Waals surface area contributed by atoms with E-state index in [2.05, 4.69) is 0 Å². The maximum atomic E-state index is 12.5. The molecule has 1 amide bonds. The molecule has 23 heavy (non-hydrogen) atoms. The van der Waals surface area contributed by atoms with Crippen molar-refractivity contribution >= 4 is 5.91 Å². The number of furan rings is 1. The Bertz CT molecular complexity index is 666. The molecule has 0 radical (unpaired) electrons. The molecule has 0 saturated carbocycles. The molecule has 2 heterocycles. The number of nitrogens with two attached hydrogens (primary N) is 1. The number of amides is 1. The van der Waals surface area contributed by atoms with Gasteiger partial charge in [0, 0.05) is 24.7 Å². The number of nitrogens with zero attached hydrogens (tertiary/aromatic N) is 1. The van der Waals surface area contributed by atoms with Gasteiger partial charge in [-0.25, -0.2) is 0 Å². The van der Waals surface area contributed by atoms with Crippen LogP contribution >= 0.6 is 0 Å². The average Bonchev–Trinajstić information content (AvgIpc) is 2.94. The van der Waals surface area contributed by atoms with Gasteiger partial charge in [-0.1, -0.05) is 18.2 Å². The van der Waals surface area contributed by atoms with Crippen molar-refractivity contribution in [3.8, 4) is 5.75 Å². The molecule has 0 spiro atoms. The quantitative estimate of drug-likeness (QED) is 0.942. The van der Waals surface area contributed by atoms with Gasteiger partial charge < -0.3 is 19.8 Å². The van der Waals surface area contributed by atoms with Crippen molar-refractivity contribution in [2.24, 2.45) is 5.73 Å². The van der Waals surface area contributed by atoms with Gasteiger partial charge in [0.1, 0.15) is 18.1 Å². The predicted molar refractivity (Wildman–Crippen MR) is 87.3 cm³/mol. The van der Waals surface area contributed by atoms with Crippen molar-refractivity contribution in [1.29, 1.82) is 0 Å². The van der Waals surface area contributed by atoms with Gasteiger partial charge in [-0.3, -0.25) is 4.79 Å². The van der Waals surface area contributed by atoms with Crippen molar-refractivity contribution in [3.05, 3.63) is 53.5 Å². The smallest absolute Gasteiger partial charge is 0.289 e. The van der Waals surface area contributed by atoms with Gasteiger partial charge in [0.25, 0.3) is 5.91 Å². The summed E-state index contributed by atoms with van der Waals surface area (Å²) in [5, 5.41) is 0. The van der Waals surface area contributed by atoms with Crippen LogP contribution in [-0.2, 0) is 6.61 Å². The van der Waals surface area contributed by atoms with E-state index in [9.17, 15) is 4.79 Å². The monoisotopic (exact) mass is 314 g/mol. The normalized spacial score (nSPS) is 18.0. The topological polar surface area (TPSA) is 68.7 Å². The van der Waals surface area contributed by atoms with Crippen LogP contribution in [0.2, 0.25) is 0 Å². The van der Waals surface area contributed by atoms with E-state index < -0.39 is 0 Å². The molecule has 1 atom stereocenters. The average molecular weight is 314 g/mol. The SMILES string of the molecule is Cc1oc(C(=O)N2CCC[C@@H](N)C2)cc1COc1ccccc1. The summed E-state index contributed by atoms with van der Waals surface area (Å²) in [5.74, 6) is 1.78. The standard InChI is InChI=1S/C18H22N2O3/c1-13-14(12-22-16-7-3-2-4-8-16)10-17(23-13)18(21)20-9-5-6-15(19)11-20/h2-4,7-8,10,15H,5-6,9,11-12,19H2,1H3/t15-/m1/s1. The minimum atomic E-state index is -0.0887. The number of likely N-dealkylation sites (tertiary alicyclic amines) is 1. The molecular weight excluding hydrogens is 292 g/mol. The molecule has 1 fully saturated rings. The molecule has 1 aromatic heterocycles. The number of para-hydroxylation sites is 1. The Hall–Kier alpha value is -2.27. The third-order valence-electron chi connectivity index (χ3n) is 4.11. The van der Waals surface area contributed by atoms with E-state index in [4.69, 9.17) is 14.9 Å². The zero-order valence-electron chi connectivity index (χ0n) is 13.3. The lowest BCUT2D eigenvalue weighted by molar-refractivity contribution is 0.0675. The third kappa shape index (κ3) is 3.74. The molecule has 1 saturated heterocycles. The Labute approximate surface area is 136 Å². The zero-order chi connectivity index (χ0) is 16.2. The summed E-state index contributed by atoms with van der Waals surface area (Å²) in [7, 11) is 0. The lowest BCUT2D eigenvalue weighted by Crippen LogP contribution is -2.45. The van der Waals surface area contributed by atoms with Gasteiger partial charge in [0.2, 0.25) is 0 Å². The highest BCUT2D eigenvalue weighted by molar-refractivity contribution is 5.92. The zero-order valence-corrected chi connectivity index (χ0v) is 13.3. The lowest BCUT2D eigenvalue weighted by Gasteiger charge is -2.30. The van der Waals surface area contributed by atoms with Gasteiger partial charge >= 0.3 is 0 Å². The van der Waals surface area contributed by atoms with Crippen LogP contribution in [-0.4, -0.2) is 29.9 Å². The molecule has 3 rings (SSSR count). The number of carbonyl (C=O) groups excluding carboxylic acids is 1. The number of ether oxygens (including phenoxy) is 1. The fourth-order valence-corrected chi connectivity index (χ4v) is 2.80. The fraction of sp³-hybridized carbons (Fsp3) is 0.389. The molecular formula is C18H22N2O3. The van der Waals surface area contributed by atoms with Gasteiger partial charge in [0.05, 0.1) is 0 Å². The number of piperidine rings is 1. The predicted octanol–water partition coefficient (Wildman–Crippen LogP) is 2.73. The van der Waals surface area contributed by atoms with Crippen LogP contribution in [0.4, 0.5) is 0 Å². The fourth-order valence-electron chi connectivity index (χ4n) is 2.80. The summed E-state index contributed by atoms with van der Waals surface area (Å²) in [4.78, 5) is 14.3. The second kappa shape index (κ2) is 6.87. The van der Waals surface area contributed by atoms with Gasteiger partial charge in [-0.15, -0.1) is 0 Å². The molecule has 2 aromatic rings. The summed E-state index contributed by atoms with van der Waals surface area (Å²) in [6.07, 6.45) is 1.91. The first-order valence-electron chi connectivity index (χ1n) is 7.95. The largest absolute Gasteiger partial charge is 0.489 e. The van der Waals surface area contributed by atoms with Gasteiger partial charge in [0.15, 0.2) is 5.76 Å². The summed E-state index contributed by atoms with van der Waals surface area (Å²) >= 11 is 0. The Balaban J connectivity index is 1.66. The number of aryl methyl sites for hydroxylation is 1. The molecule has 0 bridgehead atoms. The number of hydrogen-bond acceptors (Lipinski definition) is 4. The maximum Gasteiger partial charge on any atom is 0.289 e. The number of carbonyl (C=O) groups is 1. The van der Waals surface area contributed by atoms with E-state index in [0.717, 1.165) is 30.7 Å². The molecule has 122 valence electrons. The van der Waals surface area contributed by atoms with E-state index in [1.54, 1.807) is 11.0 Å². The lowest BCUT2D eigenvalue weighted by atomic mass is 10.1. The van der Waals surface area contributed by atoms with Crippen molar-refractivity contribution in [2.75, 3.05) is 13.1 Å². The highest BCUT2D eigenvalue weighted by atomic mass is 16.5. The van der Waals surface area contributed by atoms with E-state index in [1.165, 1.54) is 0 Å². The van der Waals surface area contributed by atoms with E-state index >= 15 is 0 Å². The van der Waals surface area contributed by atoms with Crippen molar-refractivity contribution in [3.63, 3.8) is 0 Å². The van der Waals surface area contributed by atoms with Crippen molar-refractivity contribution < 1.29 is 13.9 Å². The highest BCUT2D eigenvalue weighted by Gasteiger charge is 2.25. The van der Waals surface area contributed by atoms with Crippen LogP contribution in [0.15, 0.2) is 40.8 Å². The third-order valence-corrected chi connectivity index (χ3v) is 4.11. The second-order valence-electron chi connectivity index (χ2n) is 5.95.